The molecule has 12 N–H and O–H groups in total. The first-order valence-electron chi connectivity index (χ1n) is 13.7. The fraction of sp³-hybridized carbons (Fsp3) is 0.500. The minimum absolute atomic E-state index is 0.0994. The predicted molar refractivity (Wildman–Crippen MR) is 146 cm³/mol. The van der Waals surface area contributed by atoms with E-state index in [1.807, 2.05) is 0 Å². The third kappa shape index (κ3) is 6.27. The van der Waals surface area contributed by atoms with E-state index in [0.717, 1.165) is 12.1 Å². The Hall–Kier alpha value is -3.62. The topological polar surface area (TPSA) is 281 Å². The Labute approximate surface area is 254 Å². The number of fused-ring (bicyclic) bond motifs is 1. The van der Waals surface area contributed by atoms with Gasteiger partial charge in [0.15, 0.2) is 23.5 Å². The predicted octanol–water partition coefficient (Wildman–Crippen LogP) is -2.50. The number of hydrogen-bond acceptors (Lipinski definition) is 16. The maximum atomic E-state index is 10.8. The lowest BCUT2D eigenvalue weighted by atomic mass is 9.98. The number of ether oxygens (including phenoxy) is 6. The minimum Gasteiger partial charge on any atom is -0.571 e. The molecule has 1 unspecified atom stereocenters. The minimum atomic E-state index is -1.86. The number of rotatable bonds is 8. The molecule has 0 radical (unpaired) electrons. The van der Waals surface area contributed by atoms with Crippen molar-refractivity contribution < 1.29 is 84.6 Å². The van der Waals surface area contributed by atoms with E-state index in [4.69, 9.17) is 23.7 Å². The second kappa shape index (κ2) is 13.0. The second-order valence-corrected chi connectivity index (χ2v) is 10.7. The molecule has 45 heavy (non-hydrogen) atoms. The van der Waals surface area contributed by atoms with Crippen molar-refractivity contribution in [1.29, 1.82) is 0 Å². The van der Waals surface area contributed by atoms with Crippen molar-refractivity contribution >= 4 is 6.08 Å². The van der Waals surface area contributed by atoms with Gasteiger partial charge in [-0.2, -0.15) is 0 Å². The molecule has 17 nitrogen and oxygen atoms in total. The first-order valence-corrected chi connectivity index (χ1v) is 13.7. The number of methoxy groups -OCH3 is 1. The van der Waals surface area contributed by atoms with Gasteiger partial charge in [-0.3, -0.25) is 0 Å². The van der Waals surface area contributed by atoms with Gasteiger partial charge in [-0.05, 0) is 12.1 Å². The van der Waals surface area contributed by atoms with Crippen molar-refractivity contribution in [2.45, 2.75) is 67.5 Å². The van der Waals surface area contributed by atoms with Crippen LogP contribution in [0.4, 0.5) is 0 Å². The smallest absolute Gasteiger partial charge is 0.270 e. The first-order chi connectivity index (χ1) is 21.3. The Morgan fingerprint density at radius 3 is 2.07 bits per heavy atom. The van der Waals surface area contributed by atoms with Crippen molar-refractivity contribution in [3.63, 3.8) is 0 Å². The van der Waals surface area contributed by atoms with Crippen LogP contribution in [0.5, 0.6) is 34.5 Å². The molecule has 2 aromatic rings. The number of hydrogen-bond donors (Lipinski definition) is 11. The van der Waals surface area contributed by atoms with Gasteiger partial charge in [0.2, 0.25) is 12.0 Å². The number of phenols is 4. The van der Waals surface area contributed by atoms with E-state index < -0.39 is 92.2 Å². The summed E-state index contributed by atoms with van der Waals surface area (Å²) in [7, 11) is 1.25. The van der Waals surface area contributed by atoms with E-state index in [1.165, 1.54) is 25.3 Å². The molecule has 0 amide bonds. The second-order valence-electron chi connectivity index (χ2n) is 10.7. The summed E-state index contributed by atoms with van der Waals surface area (Å²) >= 11 is 0. The molecule has 248 valence electrons. The van der Waals surface area contributed by atoms with Crippen LogP contribution in [-0.4, -0.2) is 143 Å². The highest BCUT2D eigenvalue weighted by atomic mass is 16.7. The quantitative estimate of drug-likeness (QED) is 0.105. The molecule has 3 aliphatic rings. The maximum Gasteiger partial charge on any atom is 0.270 e. The van der Waals surface area contributed by atoms with Gasteiger partial charge in [0.1, 0.15) is 65.9 Å². The summed E-state index contributed by atoms with van der Waals surface area (Å²) in [5, 5.41) is 113. The lowest BCUT2D eigenvalue weighted by Gasteiger charge is -2.43. The monoisotopic (exact) mass is 643 g/mol. The van der Waals surface area contributed by atoms with Crippen LogP contribution in [0.25, 0.3) is 6.08 Å². The summed E-state index contributed by atoms with van der Waals surface area (Å²) in [5.74, 6) is -1.93. The lowest BCUT2D eigenvalue weighted by molar-refractivity contribution is -0.328. The van der Waals surface area contributed by atoms with E-state index in [9.17, 15) is 56.2 Å². The van der Waals surface area contributed by atoms with Gasteiger partial charge >= 0.3 is 0 Å². The number of aliphatic hydroxyl groups excluding tert-OH is 7. The Morgan fingerprint density at radius 2 is 1.40 bits per heavy atom. The molecule has 0 aliphatic carbocycles. The van der Waals surface area contributed by atoms with Crippen LogP contribution < -0.4 is 4.74 Å². The molecule has 2 saturated heterocycles. The van der Waals surface area contributed by atoms with Gasteiger partial charge in [-0.15, -0.1) is 0 Å². The summed E-state index contributed by atoms with van der Waals surface area (Å²) in [6, 6.07) is 4.80. The third-order valence-corrected chi connectivity index (χ3v) is 7.75. The number of benzene rings is 2. The number of aliphatic hydroxyl groups is 8. The van der Waals surface area contributed by atoms with E-state index in [0.29, 0.717) is 0 Å². The highest BCUT2D eigenvalue weighted by molar-refractivity contribution is 5.69. The zero-order chi connectivity index (χ0) is 32.7. The molecule has 2 fully saturated rings. The Kier molecular flexibility index (Phi) is 9.47. The summed E-state index contributed by atoms with van der Waals surface area (Å²) in [5.41, 5.74) is 0.290. The third-order valence-electron chi connectivity index (χ3n) is 7.75. The van der Waals surface area contributed by atoms with Crippen molar-refractivity contribution in [2.24, 2.45) is 0 Å². The molecule has 3 heterocycles. The van der Waals surface area contributed by atoms with Gasteiger partial charge in [0.25, 0.3) is 11.9 Å². The maximum absolute atomic E-state index is 10.8. The van der Waals surface area contributed by atoms with E-state index in [2.05, 4.69) is 4.74 Å². The molecule has 0 aromatic heterocycles. The van der Waals surface area contributed by atoms with Crippen LogP contribution in [0.15, 0.2) is 30.0 Å². The van der Waals surface area contributed by atoms with Gasteiger partial charge in [0, 0.05) is 12.1 Å². The lowest BCUT2D eigenvalue weighted by Crippen LogP contribution is -2.61. The molecule has 0 spiro atoms. The molecule has 2 aromatic carbocycles. The SMILES string of the molecule is COc1cc(C2[OH+]c3cc(O)cc(O)c3C=C2O[C@@H]2O[C@H](CO[C@@H]3O[C@@H](CO)[C@@H](O)[C@H](O)[C@H]3O)[C@@H](O)[C@@H](O)[C@H]2O)cc(O)c1O. The average Bonchev–Trinajstić information content (AvgIpc) is 3.01. The van der Waals surface area contributed by atoms with Gasteiger partial charge < -0.3 is 84.6 Å². The van der Waals surface area contributed by atoms with Crippen LogP contribution in [0.3, 0.4) is 0 Å². The van der Waals surface area contributed by atoms with Crippen LogP contribution >= 0.6 is 0 Å². The first kappa shape index (κ1) is 32.8. The van der Waals surface area contributed by atoms with Crippen LogP contribution in [0.2, 0.25) is 0 Å². The molecule has 0 saturated carbocycles. The molecular weight excluding hydrogens is 608 g/mol. The fourth-order valence-corrected chi connectivity index (χ4v) is 5.23. The van der Waals surface area contributed by atoms with Gasteiger partial charge in [-0.25, -0.2) is 0 Å². The van der Waals surface area contributed by atoms with Crippen molar-refractivity contribution in [3.05, 3.63) is 41.2 Å². The highest BCUT2D eigenvalue weighted by Crippen LogP contribution is 2.47. The van der Waals surface area contributed by atoms with E-state index in [1.54, 1.807) is 0 Å². The normalized spacial score (nSPS) is 34.8. The Balaban J connectivity index is 1.41. The van der Waals surface area contributed by atoms with Crippen LogP contribution in [0, 0.1) is 0 Å². The van der Waals surface area contributed by atoms with Crippen LogP contribution in [0.1, 0.15) is 17.2 Å². The summed E-state index contributed by atoms with van der Waals surface area (Å²) in [4.78, 5) is 0. The molecule has 0 bridgehead atoms. The molecular formula is C28H35O17+. The van der Waals surface area contributed by atoms with Crippen molar-refractivity contribution in [1.82, 2.24) is 0 Å². The van der Waals surface area contributed by atoms with Gasteiger partial charge in [0.05, 0.1) is 32.0 Å². The summed E-state index contributed by atoms with van der Waals surface area (Å²) < 4.78 is 32.0. The largest absolute Gasteiger partial charge is 0.571 e. The summed E-state index contributed by atoms with van der Waals surface area (Å²) in [6.07, 6.45) is -16.5. The van der Waals surface area contributed by atoms with Crippen molar-refractivity contribution in [3.8, 4) is 34.5 Å². The van der Waals surface area contributed by atoms with Gasteiger partial charge in [-0.1, -0.05) is 0 Å². The molecule has 5 rings (SSSR count). The van der Waals surface area contributed by atoms with Crippen molar-refractivity contribution in [2.75, 3.05) is 20.3 Å². The zero-order valence-electron chi connectivity index (χ0n) is 23.6. The summed E-state index contributed by atoms with van der Waals surface area (Å²) in [6.45, 7) is -1.31. The Bertz CT molecular complexity index is 1400. The fourth-order valence-electron chi connectivity index (χ4n) is 5.23. The highest BCUT2D eigenvalue weighted by Gasteiger charge is 2.49. The Morgan fingerprint density at radius 1 is 0.756 bits per heavy atom. The van der Waals surface area contributed by atoms with E-state index in [-0.39, 0.29) is 39.9 Å². The van der Waals surface area contributed by atoms with E-state index >= 15 is 0 Å². The zero-order valence-corrected chi connectivity index (χ0v) is 23.6. The molecule has 11 atom stereocenters. The average molecular weight is 644 g/mol. The number of phenolic OH excluding ortho intramolecular Hbond substituents is 4. The number of aromatic hydroxyl groups is 5. The molecule has 3 aliphatic heterocycles. The molecule has 17 heteroatoms. The van der Waals surface area contributed by atoms with Crippen LogP contribution in [-0.2, 0) is 18.9 Å². The standard InChI is InChI=1S/C28H34O17/c1-40-15-3-9(2-13(32)19(15)33)26-16(6-11-12(31)4-10(30)5-14(11)42-26)43-28-25(39)23(37)21(35)18(45-28)8-41-27-24(38)22(36)20(34)17(7-29)44-27/h2-6,17-18,20-39H,7-8H2,1H3/p+1/t17-,18+,20+,21+,22-,23+,24+,25+,26?,27+,28+/m0/s1.